The number of aliphatic hydroxyl groups is 1. The summed E-state index contributed by atoms with van der Waals surface area (Å²) in [6.07, 6.45) is 2.60. The first-order chi connectivity index (χ1) is 8.61. The van der Waals surface area contributed by atoms with Crippen LogP contribution in [-0.4, -0.2) is 31.3 Å². The smallest absolute Gasteiger partial charge is 0.0498 e. The minimum atomic E-state index is -0.0797. The minimum Gasteiger partial charge on any atom is -0.396 e. The van der Waals surface area contributed by atoms with Crippen LogP contribution in [0.3, 0.4) is 0 Å². The summed E-state index contributed by atoms with van der Waals surface area (Å²) >= 11 is 0. The average Bonchev–Trinajstić information content (AvgIpc) is 2.91. The fraction of sp³-hybridized carbons (Fsp3) is 0.600. The molecule has 0 saturated carbocycles. The van der Waals surface area contributed by atoms with Gasteiger partial charge in [-0.15, -0.1) is 0 Å². The lowest BCUT2D eigenvalue weighted by Crippen LogP contribution is -2.26. The molecule has 0 unspecified atom stereocenters. The second-order valence-corrected chi connectivity index (χ2v) is 5.92. The second kappa shape index (κ2) is 5.61. The molecule has 1 aromatic carbocycles. The summed E-state index contributed by atoms with van der Waals surface area (Å²) in [5.74, 6) is 0. The molecule has 0 atom stereocenters. The van der Waals surface area contributed by atoms with Gasteiger partial charge in [0.15, 0.2) is 0 Å². The Morgan fingerprint density at radius 2 is 2.00 bits per heavy atom. The molecule has 18 heavy (non-hydrogen) atoms. The van der Waals surface area contributed by atoms with Crippen molar-refractivity contribution in [2.45, 2.75) is 26.7 Å². The van der Waals surface area contributed by atoms with E-state index in [1.54, 1.807) is 0 Å². The third-order valence-electron chi connectivity index (χ3n) is 3.52. The third kappa shape index (κ3) is 3.39. The summed E-state index contributed by atoms with van der Waals surface area (Å²) < 4.78 is 0. The molecule has 2 rings (SSSR count). The number of hydrogen-bond acceptors (Lipinski definition) is 3. The maximum absolute atomic E-state index is 9.25. The van der Waals surface area contributed by atoms with Gasteiger partial charge in [-0.2, -0.15) is 0 Å². The summed E-state index contributed by atoms with van der Waals surface area (Å²) in [5.41, 5.74) is 2.36. The molecule has 1 heterocycles. The average molecular weight is 248 g/mol. The molecule has 3 nitrogen and oxygen atoms in total. The van der Waals surface area contributed by atoms with E-state index in [4.69, 9.17) is 0 Å². The van der Waals surface area contributed by atoms with Crippen molar-refractivity contribution in [3.8, 4) is 0 Å². The molecule has 1 aliphatic rings. The lowest BCUT2D eigenvalue weighted by Gasteiger charge is -2.23. The first-order valence-electron chi connectivity index (χ1n) is 6.80. The summed E-state index contributed by atoms with van der Waals surface area (Å²) in [4.78, 5) is 2.43. The van der Waals surface area contributed by atoms with E-state index in [0.717, 1.165) is 12.2 Å². The minimum absolute atomic E-state index is 0.0797. The van der Waals surface area contributed by atoms with Crippen molar-refractivity contribution in [2.75, 3.05) is 36.5 Å². The van der Waals surface area contributed by atoms with Gasteiger partial charge in [-0.3, -0.25) is 0 Å². The topological polar surface area (TPSA) is 35.5 Å². The molecular weight excluding hydrogens is 224 g/mol. The van der Waals surface area contributed by atoms with E-state index in [1.807, 2.05) is 0 Å². The van der Waals surface area contributed by atoms with Gasteiger partial charge in [-0.05, 0) is 31.0 Å². The van der Waals surface area contributed by atoms with Crippen LogP contribution in [0.2, 0.25) is 0 Å². The standard InChI is InChI=1S/C15H24N2O/c1-15(2,12-18)11-16-13-6-5-7-14(10-13)17-8-3-4-9-17/h5-7,10,16,18H,3-4,8-9,11-12H2,1-2H3. The van der Waals surface area contributed by atoms with E-state index in [2.05, 4.69) is 48.3 Å². The summed E-state index contributed by atoms with van der Waals surface area (Å²) in [6.45, 7) is 7.45. The molecule has 1 saturated heterocycles. The van der Waals surface area contributed by atoms with Crippen molar-refractivity contribution in [1.29, 1.82) is 0 Å². The van der Waals surface area contributed by atoms with Crippen molar-refractivity contribution in [3.05, 3.63) is 24.3 Å². The highest BCUT2D eigenvalue weighted by Gasteiger charge is 2.16. The van der Waals surface area contributed by atoms with Gasteiger partial charge in [0.2, 0.25) is 0 Å². The molecule has 0 radical (unpaired) electrons. The quantitative estimate of drug-likeness (QED) is 0.841. The number of nitrogens with zero attached hydrogens (tertiary/aromatic N) is 1. The highest BCUT2D eigenvalue weighted by Crippen LogP contribution is 2.24. The predicted molar refractivity (Wildman–Crippen MR) is 77.2 cm³/mol. The molecule has 1 aliphatic heterocycles. The molecule has 0 bridgehead atoms. The molecule has 0 amide bonds. The Balaban J connectivity index is 1.99. The molecule has 100 valence electrons. The van der Waals surface area contributed by atoms with Gasteiger partial charge in [0.1, 0.15) is 0 Å². The fourth-order valence-electron chi connectivity index (χ4n) is 2.19. The van der Waals surface area contributed by atoms with Crippen LogP contribution in [0.25, 0.3) is 0 Å². The zero-order valence-electron chi connectivity index (χ0n) is 11.4. The van der Waals surface area contributed by atoms with E-state index in [0.29, 0.717) is 0 Å². The van der Waals surface area contributed by atoms with E-state index in [-0.39, 0.29) is 12.0 Å². The molecule has 0 spiro atoms. The zero-order valence-corrected chi connectivity index (χ0v) is 11.4. The lowest BCUT2D eigenvalue weighted by molar-refractivity contribution is 0.171. The fourth-order valence-corrected chi connectivity index (χ4v) is 2.19. The lowest BCUT2D eigenvalue weighted by atomic mass is 9.95. The normalized spacial score (nSPS) is 16.1. The maximum atomic E-state index is 9.25. The van der Waals surface area contributed by atoms with E-state index >= 15 is 0 Å². The largest absolute Gasteiger partial charge is 0.396 e. The first kappa shape index (κ1) is 13.2. The van der Waals surface area contributed by atoms with Gasteiger partial charge >= 0.3 is 0 Å². The zero-order chi connectivity index (χ0) is 13.0. The van der Waals surface area contributed by atoms with Gasteiger partial charge in [-0.25, -0.2) is 0 Å². The van der Waals surface area contributed by atoms with Crippen molar-refractivity contribution < 1.29 is 5.11 Å². The van der Waals surface area contributed by atoms with Crippen LogP contribution in [0, 0.1) is 5.41 Å². The number of rotatable bonds is 5. The molecule has 1 fully saturated rings. The van der Waals surface area contributed by atoms with E-state index < -0.39 is 0 Å². The Labute approximate surface area is 110 Å². The van der Waals surface area contributed by atoms with Crippen LogP contribution >= 0.6 is 0 Å². The van der Waals surface area contributed by atoms with Crippen molar-refractivity contribution in [2.24, 2.45) is 5.41 Å². The van der Waals surface area contributed by atoms with Gasteiger partial charge in [0.25, 0.3) is 0 Å². The molecule has 2 N–H and O–H groups in total. The maximum Gasteiger partial charge on any atom is 0.0498 e. The van der Waals surface area contributed by atoms with Gasteiger partial charge < -0.3 is 15.3 Å². The summed E-state index contributed by atoms with van der Waals surface area (Å²) in [7, 11) is 0. The highest BCUT2D eigenvalue weighted by atomic mass is 16.3. The third-order valence-corrected chi connectivity index (χ3v) is 3.52. The highest BCUT2D eigenvalue weighted by molar-refractivity contribution is 5.58. The molecule has 3 heteroatoms. The van der Waals surface area contributed by atoms with Crippen LogP contribution in [-0.2, 0) is 0 Å². The Morgan fingerprint density at radius 3 is 2.67 bits per heavy atom. The summed E-state index contributed by atoms with van der Waals surface area (Å²) in [6, 6.07) is 8.57. The summed E-state index contributed by atoms with van der Waals surface area (Å²) in [5, 5.41) is 12.7. The van der Waals surface area contributed by atoms with E-state index in [1.165, 1.54) is 31.6 Å². The van der Waals surface area contributed by atoms with Gasteiger partial charge in [0, 0.05) is 43.0 Å². The Morgan fingerprint density at radius 1 is 1.28 bits per heavy atom. The molecule has 0 aliphatic carbocycles. The first-order valence-corrected chi connectivity index (χ1v) is 6.80. The number of benzene rings is 1. The Bertz CT molecular complexity index is 384. The SMILES string of the molecule is CC(C)(CO)CNc1cccc(N2CCCC2)c1. The Hall–Kier alpha value is -1.22. The number of aliphatic hydroxyl groups excluding tert-OH is 1. The number of hydrogen-bond donors (Lipinski definition) is 2. The van der Waals surface area contributed by atoms with Crippen molar-refractivity contribution in [1.82, 2.24) is 0 Å². The van der Waals surface area contributed by atoms with Gasteiger partial charge in [0.05, 0.1) is 0 Å². The van der Waals surface area contributed by atoms with Crippen LogP contribution in [0.1, 0.15) is 26.7 Å². The Kier molecular flexibility index (Phi) is 4.12. The van der Waals surface area contributed by atoms with Crippen LogP contribution in [0.15, 0.2) is 24.3 Å². The number of nitrogens with one attached hydrogen (secondary N) is 1. The predicted octanol–water partition coefficient (Wildman–Crippen LogP) is 2.72. The van der Waals surface area contributed by atoms with Crippen LogP contribution < -0.4 is 10.2 Å². The second-order valence-electron chi connectivity index (χ2n) is 5.92. The molecule has 1 aromatic rings. The molecule has 0 aromatic heterocycles. The van der Waals surface area contributed by atoms with Crippen molar-refractivity contribution >= 4 is 11.4 Å². The van der Waals surface area contributed by atoms with Crippen molar-refractivity contribution in [3.63, 3.8) is 0 Å². The van der Waals surface area contributed by atoms with Crippen LogP contribution in [0.4, 0.5) is 11.4 Å². The monoisotopic (exact) mass is 248 g/mol. The number of anilines is 2. The van der Waals surface area contributed by atoms with Crippen LogP contribution in [0.5, 0.6) is 0 Å². The molecular formula is C15H24N2O. The van der Waals surface area contributed by atoms with E-state index in [9.17, 15) is 5.11 Å². The van der Waals surface area contributed by atoms with Gasteiger partial charge in [-0.1, -0.05) is 19.9 Å².